The largest absolute Gasteiger partial charge is 0.513 e. The second kappa shape index (κ2) is 6.42. The Hall–Kier alpha value is -3.02. The Morgan fingerprint density at radius 2 is 1.71 bits per heavy atom. The van der Waals surface area contributed by atoms with E-state index in [0.29, 0.717) is 11.4 Å². The monoisotopic (exact) mass is 287 g/mol. The first kappa shape index (κ1) is 14.4. The van der Waals surface area contributed by atoms with Crippen LogP contribution in [0.4, 0.5) is 10.5 Å². The first-order chi connectivity index (χ1) is 10.1. The van der Waals surface area contributed by atoms with Gasteiger partial charge in [-0.25, -0.2) is 9.59 Å². The number of rotatable bonds is 3. The van der Waals surface area contributed by atoms with Gasteiger partial charge in [0.2, 0.25) is 0 Å². The van der Waals surface area contributed by atoms with Gasteiger partial charge in [0, 0.05) is 11.8 Å². The lowest BCUT2D eigenvalue weighted by molar-refractivity contribution is 0.0729. The zero-order valence-corrected chi connectivity index (χ0v) is 11.2. The molecule has 108 valence electrons. The van der Waals surface area contributed by atoms with E-state index < -0.39 is 12.1 Å². The van der Waals surface area contributed by atoms with E-state index in [4.69, 9.17) is 15.2 Å². The molecule has 0 aromatic heterocycles. The number of esters is 1. The Morgan fingerprint density at radius 3 is 2.38 bits per heavy atom. The lowest BCUT2D eigenvalue weighted by Crippen LogP contribution is -2.14. The summed E-state index contributed by atoms with van der Waals surface area (Å²) in [5, 5.41) is 0. The number of benzene rings is 2. The van der Waals surface area contributed by atoms with Gasteiger partial charge >= 0.3 is 12.1 Å². The van der Waals surface area contributed by atoms with Gasteiger partial charge < -0.3 is 19.9 Å². The standard InChI is InChI=1S/C15H13NO5/c1-19-15(18)21-13-9-10(16)7-8-12(13)14(17)20-11-5-3-2-4-6-11/h2-9H,16H2,1H3. The first-order valence-corrected chi connectivity index (χ1v) is 6.02. The average Bonchev–Trinajstić information content (AvgIpc) is 2.48. The Balaban J connectivity index is 2.25. The SMILES string of the molecule is COC(=O)Oc1cc(N)ccc1C(=O)Oc1ccccc1. The van der Waals surface area contributed by atoms with E-state index in [2.05, 4.69) is 4.74 Å². The molecule has 2 N–H and O–H groups in total. The summed E-state index contributed by atoms with van der Waals surface area (Å²) in [6.07, 6.45) is -0.950. The number of carbonyl (C=O) groups excluding carboxylic acids is 2. The predicted molar refractivity (Wildman–Crippen MR) is 75.3 cm³/mol. The maximum Gasteiger partial charge on any atom is 0.513 e. The van der Waals surface area contributed by atoms with Crippen molar-refractivity contribution in [2.24, 2.45) is 0 Å². The van der Waals surface area contributed by atoms with Crippen LogP contribution in [0.3, 0.4) is 0 Å². The highest BCUT2D eigenvalue weighted by molar-refractivity contribution is 5.95. The molecule has 2 aromatic carbocycles. The maximum atomic E-state index is 12.1. The fourth-order valence-corrected chi connectivity index (χ4v) is 1.57. The molecular weight excluding hydrogens is 274 g/mol. The van der Waals surface area contributed by atoms with E-state index in [1.54, 1.807) is 30.3 Å². The molecule has 0 aliphatic carbocycles. The van der Waals surface area contributed by atoms with Crippen LogP contribution in [0.15, 0.2) is 48.5 Å². The van der Waals surface area contributed by atoms with Gasteiger partial charge in [-0.05, 0) is 24.3 Å². The summed E-state index contributed by atoms with van der Waals surface area (Å²) in [6, 6.07) is 12.8. The van der Waals surface area contributed by atoms with Crippen LogP contribution >= 0.6 is 0 Å². The lowest BCUT2D eigenvalue weighted by atomic mass is 10.2. The highest BCUT2D eigenvalue weighted by Crippen LogP contribution is 2.24. The van der Waals surface area contributed by atoms with Crippen molar-refractivity contribution in [3.05, 3.63) is 54.1 Å². The summed E-state index contributed by atoms with van der Waals surface area (Å²) >= 11 is 0. The van der Waals surface area contributed by atoms with Gasteiger partial charge in [-0.2, -0.15) is 0 Å². The third-order valence-corrected chi connectivity index (χ3v) is 2.54. The summed E-state index contributed by atoms with van der Waals surface area (Å²) in [7, 11) is 1.16. The van der Waals surface area contributed by atoms with Gasteiger partial charge in [-0.1, -0.05) is 18.2 Å². The Kier molecular flexibility index (Phi) is 4.40. The number of anilines is 1. The fourth-order valence-electron chi connectivity index (χ4n) is 1.57. The number of methoxy groups -OCH3 is 1. The van der Waals surface area contributed by atoms with Crippen molar-refractivity contribution in [1.82, 2.24) is 0 Å². The average molecular weight is 287 g/mol. The normalized spacial score (nSPS) is 9.76. The molecule has 6 heteroatoms. The molecule has 0 heterocycles. The lowest BCUT2D eigenvalue weighted by Gasteiger charge is -2.10. The van der Waals surface area contributed by atoms with Crippen molar-refractivity contribution in [1.29, 1.82) is 0 Å². The van der Waals surface area contributed by atoms with Crippen LogP contribution in [0.2, 0.25) is 0 Å². The minimum atomic E-state index is -0.950. The molecule has 2 aromatic rings. The van der Waals surface area contributed by atoms with E-state index in [0.717, 1.165) is 7.11 Å². The number of carbonyl (C=O) groups is 2. The van der Waals surface area contributed by atoms with Crippen molar-refractivity contribution >= 4 is 17.8 Å². The van der Waals surface area contributed by atoms with Crippen molar-refractivity contribution < 1.29 is 23.8 Å². The predicted octanol–water partition coefficient (Wildman–Crippen LogP) is 2.63. The van der Waals surface area contributed by atoms with E-state index in [9.17, 15) is 9.59 Å². The van der Waals surface area contributed by atoms with Crippen molar-refractivity contribution in [3.63, 3.8) is 0 Å². The number of hydrogen-bond donors (Lipinski definition) is 1. The molecule has 0 saturated heterocycles. The number of para-hydroxylation sites is 1. The van der Waals surface area contributed by atoms with Crippen molar-refractivity contribution in [2.45, 2.75) is 0 Å². The van der Waals surface area contributed by atoms with Crippen LogP contribution in [0.25, 0.3) is 0 Å². The zero-order valence-electron chi connectivity index (χ0n) is 11.2. The third-order valence-electron chi connectivity index (χ3n) is 2.54. The molecule has 0 aliphatic heterocycles. The van der Waals surface area contributed by atoms with Gasteiger partial charge in [0.15, 0.2) is 5.75 Å². The fraction of sp³-hybridized carbons (Fsp3) is 0.0667. The second-order valence-corrected chi connectivity index (χ2v) is 4.01. The number of nitrogen functional groups attached to an aromatic ring is 1. The van der Waals surface area contributed by atoms with Crippen LogP contribution in [-0.4, -0.2) is 19.2 Å². The van der Waals surface area contributed by atoms with Gasteiger partial charge in [0.25, 0.3) is 0 Å². The van der Waals surface area contributed by atoms with E-state index in [-0.39, 0.29) is 11.3 Å². The third kappa shape index (κ3) is 3.73. The summed E-state index contributed by atoms with van der Waals surface area (Å²) in [4.78, 5) is 23.3. The molecular formula is C15H13NO5. The van der Waals surface area contributed by atoms with Crippen LogP contribution in [0.1, 0.15) is 10.4 Å². The van der Waals surface area contributed by atoms with E-state index >= 15 is 0 Å². The summed E-state index contributed by atoms with van der Waals surface area (Å²) < 4.78 is 14.5. The van der Waals surface area contributed by atoms with Gasteiger partial charge in [0.1, 0.15) is 11.3 Å². The van der Waals surface area contributed by atoms with Crippen molar-refractivity contribution in [2.75, 3.05) is 12.8 Å². The summed E-state index contributed by atoms with van der Waals surface area (Å²) in [5.74, 6) is -0.314. The smallest absolute Gasteiger partial charge is 0.437 e. The molecule has 2 rings (SSSR count). The van der Waals surface area contributed by atoms with E-state index in [1.165, 1.54) is 18.2 Å². The van der Waals surface area contributed by atoms with Crippen LogP contribution in [0, 0.1) is 0 Å². The minimum absolute atomic E-state index is 0.0252. The Labute approximate surface area is 121 Å². The number of hydrogen-bond acceptors (Lipinski definition) is 6. The van der Waals surface area contributed by atoms with Crippen LogP contribution in [-0.2, 0) is 4.74 Å². The summed E-state index contributed by atoms with van der Waals surface area (Å²) in [5.41, 5.74) is 6.02. The quantitative estimate of drug-likeness (QED) is 0.404. The zero-order chi connectivity index (χ0) is 15.2. The van der Waals surface area contributed by atoms with Crippen LogP contribution < -0.4 is 15.2 Å². The molecule has 0 radical (unpaired) electrons. The highest BCUT2D eigenvalue weighted by atomic mass is 16.7. The van der Waals surface area contributed by atoms with E-state index in [1.807, 2.05) is 0 Å². The Bertz CT molecular complexity index is 654. The molecule has 0 bridgehead atoms. The minimum Gasteiger partial charge on any atom is -0.437 e. The molecule has 0 atom stereocenters. The topological polar surface area (TPSA) is 87.9 Å². The number of nitrogens with two attached hydrogens (primary N) is 1. The molecule has 0 aliphatic rings. The molecule has 0 fully saturated rings. The second-order valence-electron chi connectivity index (χ2n) is 4.01. The Morgan fingerprint density at radius 1 is 1.00 bits per heavy atom. The first-order valence-electron chi connectivity index (χ1n) is 6.02. The molecule has 0 saturated carbocycles. The van der Waals surface area contributed by atoms with Gasteiger partial charge in [-0.3, -0.25) is 0 Å². The molecule has 0 unspecified atom stereocenters. The number of ether oxygens (including phenoxy) is 3. The van der Waals surface area contributed by atoms with Gasteiger partial charge in [-0.15, -0.1) is 0 Å². The molecule has 21 heavy (non-hydrogen) atoms. The molecule has 0 spiro atoms. The van der Waals surface area contributed by atoms with Gasteiger partial charge in [0.05, 0.1) is 7.11 Å². The maximum absolute atomic E-state index is 12.1. The highest BCUT2D eigenvalue weighted by Gasteiger charge is 2.18. The molecule has 6 nitrogen and oxygen atoms in total. The van der Waals surface area contributed by atoms with Crippen LogP contribution in [0.5, 0.6) is 11.5 Å². The molecule has 0 amide bonds. The summed E-state index contributed by atoms with van der Waals surface area (Å²) in [6.45, 7) is 0. The van der Waals surface area contributed by atoms with Crippen molar-refractivity contribution in [3.8, 4) is 11.5 Å².